The van der Waals surface area contributed by atoms with Gasteiger partial charge >= 0.3 is 0 Å². The van der Waals surface area contributed by atoms with Gasteiger partial charge in [0.25, 0.3) is 5.95 Å². The van der Waals surface area contributed by atoms with E-state index < -0.39 is 16.6 Å². The third-order valence-corrected chi connectivity index (χ3v) is 3.41. The molecule has 0 bridgehead atoms. The molecule has 0 spiro atoms. The molecule has 118 valence electrons. The summed E-state index contributed by atoms with van der Waals surface area (Å²) in [5, 5.41) is 0. The second-order valence-corrected chi connectivity index (χ2v) is 15.2. The fraction of sp³-hybridized carbons (Fsp3) is 0.714. The van der Waals surface area contributed by atoms with Crippen LogP contribution >= 0.6 is 0 Å². The molecule has 0 saturated carbocycles. The fourth-order valence-corrected chi connectivity index (χ4v) is 2.80. The molecule has 0 heterocycles. The Labute approximate surface area is 126 Å². The minimum absolute atomic E-state index is 0.510. The lowest BCUT2D eigenvalue weighted by Crippen LogP contribution is -2.27. The van der Waals surface area contributed by atoms with Crippen LogP contribution in [0.3, 0.4) is 0 Å². The van der Waals surface area contributed by atoms with Gasteiger partial charge in [0.2, 0.25) is 16.6 Å². The first kappa shape index (κ1) is 19.1. The van der Waals surface area contributed by atoms with Crippen molar-refractivity contribution in [3.8, 4) is 0 Å². The molecule has 0 fully saturated rings. The quantitative estimate of drug-likeness (QED) is 0.358. The zero-order chi connectivity index (χ0) is 15.8. The zero-order valence-corrected chi connectivity index (χ0v) is 16.2. The number of allylic oxidation sites excluding steroid dienone is 1. The Hall–Kier alpha value is -0.886. The van der Waals surface area contributed by atoms with Crippen molar-refractivity contribution in [2.75, 3.05) is 13.2 Å². The highest BCUT2D eigenvalue weighted by Gasteiger charge is 2.21. The molecule has 0 aromatic carbocycles. The van der Waals surface area contributed by atoms with E-state index in [1.165, 1.54) is 0 Å². The van der Waals surface area contributed by atoms with Gasteiger partial charge in [0.05, 0.1) is 19.3 Å². The molecule has 0 aliphatic rings. The summed E-state index contributed by atoms with van der Waals surface area (Å²) in [5.74, 6) is 1.17. The lowest BCUT2D eigenvalue weighted by atomic mass is 10.5. The molecule has 0 aromatic heterocycles. The molecule has 0 aliphatic carbocycles. The Morgan fingerprint density at radius 2 is 1.40 bits per heavy atom. The van der Waals surface area contributed by atoms with E-state index in [1.807, 2.05) is 13.8 Å². The van der Waals surface area contributed by atoms with Crippen LogP contribution in [0.25, 0.3) is 0 Å². The summed E-state index contributed by atoms with van der Waals surface area (Å²) < 4.78 is 22.8. The van der Waals surface area contributed by atoms with Crippen LogP contribution in [0.2, 0.25) is 39.3 Å². The first-order valence-electron chi connectivity index (χ1n) is 7.11. The van der Waals surface area contributed by atoms with Crippen LogP contribution in [0.4, 0.5) is 0 Å². The maximum Gasteiger partial charge on any atom is 0.269 e. The number of hydrogen-bond acceptors (Lipinski definition) is 4. The Bertz CT molecular complexity index is 338. The smallest absolute Gasteiger partial charge is 0.269 e. The average Bonchev–Trinajstić information content (AvgIpc) is 2.21. The lowest BCUT2D eigenvalue weighted by molar-refractivity contribution is 0.110. The molecule has 0 rings (SSSR count). The molecule has 0 saturated heterocycles. The lowest BCUT2D eigenvalue weighted by Gasteiger charge is -2.23. The van der Waals surface area contributed by atoms with E-state index in [0.29, 0.717) is 24.9 Å². The minimum atomic E-state index is -1.72. The molecule has 0 atom stereocenters. The van der Waals surface area contributed by atoms with Crippen molar-refractivity contribution in [3.05, 3.63) is 24.0 Å². The summed E-state index contributed by atoms with van der Waals surface area (Å²) >= 11 is 0. The standard InChI is InChI=1S/C14H30O4Si2/c1-9-15-12-13(17-19(3,4)5)11-14(16-10-2)18-20(6,7)8/h11-12H,9-10H2,1-8H3/b13-12+,14-11+. The van der Waals surface area contributed by atoms with Crippen molar-refractivity contribution in [2.45, 2.75) is 53.1 Å². The summed E-state index contributed by atoms with van der Waals surface area (Å²) in [6.45, 7) is 17.8. The van der Waals surface area contributed by atoms with Crippen LogP contribution in [0.5, 0.6) is 0 Å². The van der Waals surface area contributed by atoms with Gasteiger partial charge in [0, 0.05) is 0 Å². The fourth-order valence-electron chi connectivity index (χ4n) is 1.27. The third-order valence-electron chi connectivity index (χ3n) is 1.74. The van der Waals surface area contributed by atoms with Gasteiger partial charge in [0.1, 0.15) is 12.0 Å². The van der Waals surface area contributed by atoms with E-state index in [4.69, 9.17) is 18.3 Å². The molecule has 4 nitrogen and oxygen atoms in total. The van der Waals surface area contributed by atoms with Gasteiger partial charge in [0.15, 0.2) is 0 Å². The van der Waals surface area contributed by atoms with Crippen molar-refractivity contribution in [1.82, 2.24) is 0 Å². The predicted octanol–water partition coefficient (Wildman–Crippen LogP) is 4.45. The molecule has 0 aliphatic heterocycles. The summed E-state index contributed by atoms with van der Waals surface area (Å²) in [5.41, 5.74) is 0. The van der Waals surface area contributed by atoms with Crippen LogP contribution < -0.4 is 0 Å². The van der Waals surface area contributed by atoms with Gasteiger partial charge in [-0.05, 0) is 53.1 Å². The SMILES string of the molecule is CCO/C=C(\C=C(/OCC)O[Si](C)(C)C)O[Si](C)(C)C. The van der Waals surface area contributed by atoms with Crippen LogP contribution in [-0.2, 0) is 18.3 Å². The first-order valence-corrected chi connectivity index (χ1v) is 13.9. The van der Waals surface area contributed by atoms with Crippen LogP contribution in [0.15, 0.2) is 24.0 Å². The van der Waals surface area contributed by atoms with Crippen LogP contribution in [-0.4, -0.2) is 29.8 Å². The second-order valence-electron chi connectivity index (χ2n) is 6.30. The molecular weight excluding hydrogens is 288 g/mol. The van der Waals surface area contributed by atoms with Gasteiger partial charge < -0.3 is 18.3 Å². The maximum atomic E-state index is 5.99. The summed E-state index contributed by atoms with van der Waals surface area (Å²) in [4.78, 5) is 0. The summed E-state index contributed by atoms with van der Waals surface area (Å²) in [7, 11) is -3.43. The van der Waals surface area contributed by atoms with Crippen molar-refractivity contribution in [1.29, 1.82) is 0 Å². The van der Waals surface area contributed by atoms with Gasteiger partial charge in [-0.25, -0.2) is 0 Å². The zero-order valence-electron chi connectivity index (χ0n) is 14.2. The van der Waals surface area contributed by atoms with Crippen molar-refractivity contribution < 1.29 is 18.3 Å². The highest BCUT2D eigenvalue weighted by atomic mass is 28.4. The Morgan fingerprint density at radius 3 is 1.80 bits per heavy atom. The highest BCUT2D eigenvalue weighted by molar-refractivity contribution is 6.70. The molecular formula is C14H30O4Si2. The number of ether oxygens (including phenoxy) is 2. The predicted molar refractivity (Wildman–Crippen MR) is 88.3 cm³/mol. The monoisotopic (exact) mass is 318 g/mol. The highest BCUT2D eigenvalue weighted by Crippen LogP contribution is 2.18. The third kappa shape index (κ3) is 11.0. The Morgan fingerprint density at radius 1 is 0.850 bits per heavy atom. The van der Waals surface area contributed by atoms with Gasteiger partial charge in [-0.3, -0.25) is 0 Å². The first-order chi connectivity index (χ1) is 9.07. The normalized spacial score (nSPS) is 14.0. The van der Waals surface area contributed by atoms with E-state index in [0.717, 1.165) is 0 Å². The van der Waals surface area contributed by atoms with E-state index in [1.54, 1.807) is 12.3 Å². The topological polar surface area (TPSA) is 36.9 Å². The minimum Gasteiger partial charge on any atom is -0.542 e. The molecule has 0 unspecified atom stereocenters. The molecule has 20 heavy (non-hydrogen) atoms. The second kappa shape index (κ2) is 8.41. The van der Waals surface area contributed by atoms with E-state index in [-0.39, 0.29) is 0 Å². The van der Waals surface area contributed by atoms with E-state index >= 15 is 0 Å². The van der Waals surface area contributed by atoms with Gasteiger partial charge in [-0.2, -0.15) is 0 Å². The number of hydrogen-bond donors (Lipinski definition) is 0. The average molecular weight is 319 g/mol. The van der Waals surface area contributed by atoms with Crippen LogP contribution in [0, 0.1) is 0 Å². The van der Waals surface area contributed by atoms with E-state index in [2.05, 4.69) is 39.3 Å². The molecule has 0 amide bonds. The van der Waals surface area contributed by atoms with Crippen molar-refractivity contribution in [2.24, 2.45) is 0 Å². The van der Waals surface area contributed by atoms with E-state index in [9.17, 15) is 0 Å². The van der Waals surface area contributed by atoms with Crippen LogP contribution in [0.1, 0.15) is 13.8 Å². The summed E-state index contributed by atoms with van der Waals surface area (Å²) in [6, 6.07) is 0. The maximum absolute atomic E-state index is 5.99. The Kier molecular flexibility index (Phi) is 8.04. The van der Waals surface area contributed by atoms with Crippen molar-refractivity contribution >= 4 is 16.6 Å². The van der Waals surface area contributed by atoms with Gasteiger partial charge in [-0.1, -0.05) is 0 Å². The van der Waals surface area contributed by atoms with Crippen molar-refractivity contribution in [3.63, 3.8) is 0 Å². The molecule has 0 aromatic rings. The van der Waals surface area contributed by atoms with Gasteiger partial charge in [-0.15, -0.1) is 0 Å². The number of rotatable bonds is 9. The largest absolute Gasteiger partial charge is 0.542 e. The molecule has 0 N–H and O–H groups in total. The summed E-state index contributed by atoms with van der Waals surface area (Å²) in [6.07, 6.45) is 3.42. The Balaban J connectivity index is 5.14. The molecule has 6 heteroatoms. The molecule has 0 radical (unpaired) electrons.